The molecule has 0 unspecified atom stereocenters. The predicted molar refractivity (Wildman–Crippen MR) is 135 cm³/mol. The van der Waals surface area contributed by atoms with E-state index in [0.29, 0.717) is 35.1 Å². The van der Waals surface area contributed by atoms with Gasteiger partial charge < -0.3 is 9.80 Å². The van der Waals surface area contributed by atoms with E-state index in [1.807, 2.05) is 12.1 Å². The number of allylic oxidation sites excluding steroid dienone is 2. The largest absolute Gasteiger partial charge is 0.346 e. The minimum absolute atomic E-state index is 0.0703. The van der Waals surface area contributed by atoms with Crippen molar-refractivity contribution in [2.75, 3.05) is 13.1 Å². The van der Waals surface area contributed by atoms with Crippen molar-refractivity contribution in [2.45, 2.75) is 12.8 Å². The van der Waals surface area contributed by atoms with E-state index in [1.165, 1.54) is 0 Å². The Bertz CT molecular complexity index is 1160. The number of nitrogens with one attached hydrogen (secondary N) is 2. The number of hydrogen-bond acceptors (Lipinski definition) is 6. The summed E-state index contributed by atoms with van der Waals surface area (Å²) in [4.78, 5) is 53.4. The van der Waals surface area contributed by atoms with Crippen LogP contribution in [0.5, 0.6) is 0 Å². The van der Waals surface area contributed by atoms with Crippen LogP contribution in [0.15, 0.2) is 109 Å². The molecule has 2 aliphatic heterocycles. The molecule has 0 saturated heterocycles. The monoisotopic (exact) mass is 482 g/mol. The standard InChI is InChI=1S/C28H26N4O4/c33-25(21-9-3-1-4-10-21)19-31-15-7-13-23(17-31)27(35)29-30-28(36)24-14-8-16-32(18-24)20-26(34)22-11-5-2-6-12-22/h1-12,15-18H,13-14,19-20H2,(H,29,35)(H,30,36). The highest BCUT2D eigenvalue weighted by molar-refractivity contribution is 6.00. The molecule has 8 nitrogen and oxygen atoms in total. The maximum Gasteiger partial charge on any atom is 0.267 e. The van der Waals surface area contributed by atoms with E-state index in [0.717, 1.165) is 0 Å². The number of Topliss-reactive ketones (excluding diaryl/α,β-unsaturated/α-hetero) is 2. The van der Waals surface area contributed by atoms with Crippen molar-refractivity contribution in [2.24, 2.45) is 0 Å². The van der Waals surface area contributed by atoms with Gasteiger partial charge >= 0.3 is 0 Å². The number of carbonyl (C=O) groups is 4. The Balaban J connectivity index is 1.29. The number of hydrogen-bond donors (Lipinski definition) is 2. The number of carbonyl (C=O) groups excluding carboxylic acids is 4. The normalized spacial score (nSPS) is 14.6. The third-order valence-corrected chi connectivity index (χ3v) is 5.63. The van der Waals surface area contributed by atoms with Gasteiger partial charge in [0, 0.05) is 47.1 Å². The Morgan fingerprint density at radius 2 is 1.00 bits per heavy atom. The van der Waals surface area contributed by atoms with Crippen LogP contribution in [0, 0.1) is 0 Å². The fourth-order valence-electron chi connectivity index (χ4n) is 3.76. The Morgan fingerprint density at radius 1 is 0.611 bits per heavy atom. The van der Waals surface area contributed by atoms with Gasteiger partial charge in [0.15, 0.2) is 11.6 Å². The minimum Gasteiger partial charge on any atom is -0.346 e. The highest BCUT2D eigenvalue weighted by Crippen LogP contribution is 2.15. The second-order valence-corrected chi connectivity index (χ2v) is 8.32. The van der Waals surface area contributed by atoms with Gasteiger partial charge in [0.05, 0.1) is 13.1 Å². The molecule has 0 saturated carbocycles. The van der Waals surface area contributed by atoms with Gasteiger partial charge in [-0.3, -0.25) is 30.0 Å². The first-order valence-corrected chi connectivity index (χ1v) is 11.5. The number of benzene rings is 2. The fourth-order valence-corrected chi connectivity index (χ4v) is 3.76. The first-order valence-electron chi connectivity index (χ1n) is 11.5. The Hall–Kier alpha value is -4.72. The summed E-state index contributed by atoms with van der Waals surface area (Å²) in [5.74, 6) is -1.07. The molecule has 2 heterocycles. The van der Waals surface area contributed by atoms with Crippen molar-refractivity contribution in [1.29, 1.82) is 0 Å². The van der Waals surface area contributed by atoms with Crippen LogP contribution in [0.3, 0.4) is 0 Å². The lowest BCUT2D eigenvalue weighted by atomic mass is 10.1. The van der Waals surface area contributed by atoms with Crippen molar-refractivity contribution in [3.63, 3.8) is 0 Å². The van der Waals surface area contributed by atoms with Crippen LogP contribution in [-0.2, 0) is 9.59 Å². The van der Waals surface area contributed by atoms with Gasteiger partial charge in [-0.2, -0.15) is 0 Å². The van der Waals surface area contributed by atoms with Crippen LogP contribution in [0.4, 0.5) is 0 Å². The van der Waals surface area contributed by atoms with Gasteiger partial charge in [0.25, 0.3) is 11.8 Å². The minimum atomic E-state index is -0.465. The molecule has 0 aliphatic carbocycles. The SMILES string of the molecule is O=C(NNC(=O)C1=CN(CC(=O)c2ccccc2)C=CC1)C1=CN(CC(=O)c2ccccc2)C=CC1. The van der Waals surface area contributed by atoms with Crippen molar-refractivity contribution >= 4 is 23.4 Å². The lowest BCUT2D eigenvalue weighted by Crippen LogP contribution is -2.44. The number of nitrogens with zero attached hydrogens (tertiary/aromatic N) is 2. The van der Waals surface area contributed by atoms with E-state index in [4.69, 9.17) is 0 Å². The van der Waals surface area contributed by atoms with Crippen LogP contribution < -0.4 is 10.9 Å². The van der Waals surface area contributed by atoms with E-state index in [9.17, 15) is 19.2 Å². The van der Waals surface area contributed by atoms with Crippen molar-refractivity contribution in [3.8, 4) is 0 Å². The molecule has 2 aromatic carbocycles. The molecular formula is C28H26N4O4. The molecule has 2 amide bonds. The predicted octanol–water partition coefficient (Wildman–Crippen LogP) is 3.11. The first kappa shape index (κ1) is 24.4. The smallest absolute Gasteiger partial charge is 0.267 e. The number of amides is 2. The van der Waals surface area contributed by atoms with Crippen LogP contribution in [0.25, 0.3) is 0 Å². The van der Waals surface area contributed by atoms with Gasteiger partial charge in [-0.25, -0.2) is 0 Å². The average molecular weight is 483 g/mol. The Labute approximate surface area is 209 Å². The van der Waals surface area contributed by atoms with Gasteiger partial charge in [-0.05, 0) is 12.8 Å². The second-order valence-electron chi connectivity index (χ2n) is 8.32. The van der Waals surface area contributed by atoms with Gasteiger partial charge in [-0.15, -0.1) is 0 Å². The average Bonchev–Trinajstić information content (AvgIpc) is 2.92. The summed E-state index contributed by atoms with van der Waals surface area (Å²) in [6.45, 7) is 0.195. The van der Waals surface area contributed by atoms with E-state index in [-0.39, 0.29) is 24.7 Å². The molecule has 0 fully saturated rings. The lowest BCUT2D eigenvalue weighted by molar-refractivity contribution is -0.125. The van der Waals surface area contributed by atoms with E-state index < -0.39 is 11.8 Å². The third-order valence-electron chi connectivity index (χ3n) is 5.63. The van der Waals surface area contributed by atoms with E-state index in [1.54, 1.807) is 95.3 Å². The van der Waals surface area contributed by atoms with E-state index >= 15 is 0 Å². The van der Waals surface area contributed by atoms with Gasteiger partial charge in [0.2, 0.25) is 0 Å². The zero-order valence-electron chi connectivity index (χ0n) is 19.6. The number of rotatable bonds is 8. The molecule has 0 atom stereocenters. The summed E-state index contributed by atoms with van der Waals surface area (Å²) >= 11 is 0. The Kier molecular flexibility index (Phi) is 7.87. The molecule has 2 aromatic rings. The van der Waals surface area contributed by atoms with E-state index in [2.05, 4.69) is 10.9 Å². The first-order chi connectivity index (χ1) is 17.5. The summed E-state index contributed by atoms with van der Waals surface area (Å²) in [5, 5.41) is 0. The molecule has 36 heavy (non-hydrogen) atoms. The molecule has 8 heteroatoms. The fraction of sp³-hybridized carbons (Fsp3) is 0.143. The molecule has 0 bridgehead atoms. The summed E-state index contributed by atoms with van der Waals surface area (Å²) in [5.41, 5.74) is 6.87. The van der Waals surface area contributed by atoms with Crippen LogP contribution in [0.1, 0.15) is 33.6 Å². The topological polar surface area (TPSA) is 98.8 Å². The summed E-state index contributed by atoms with van der Waals surface area (Å²) < 4.78 is 0. The Morgan fingerprint density at radius 3 is 1.39 bits per heavy atom. The van der Waals surface area contributed by atoms with Crippen molar-refractivity contribution in [1.82, 2.24) is 20.7 Å². The number of hydrazine groups is 1. The maximum atomic E-state index is 12.6. The van der Waals surface area contributed by atoms with Gasteiger partial charge in [0.1, 0.15) is 0 Å². The second kappa shape index (κ2) is 11.6. The molecule has 2 N–H and O–H groups in total. The van der Waals surface area contributed by atoms with Crippen LogP contribution >= 0.6 is 0 Å². The highest BCUT2D eigenvalue weighted by atomic mass is 16.2. The quantitative estimate of drug-likeness (QED) is 0.443. The summed E-state index contributed by atoms with van der Waals surface area (Å²) in [7, 11) is 0. The maximum absolute atomic E-state index is 12.6. The molecule has 0 spiro atoms. The summed E-state index contributed by atoms with van der Waals surface area (Å²) in [6.07, 6.45) is 11.0. The molecule has 0 radical (unpaired) electrons. The molecular weight excluding hydrogens is 456 g/mol. The van der Waals surface area contributed by atoms with Crippen LogP contribution in [0.2, 0.25) is 0 Å². The number of ketones is 2. The molecule has 2 aliphatic rings. The summed E-state index contributed by atoms with van der Waals surface area (Å²) in [6, 6.07) is 17.9. The lowest BCUT2D eigenvalue weighted by Gasteiger charge is -2.22. The van der Waals surface area contributed by atoms with Gasteiger partial charge in [-0.1, -0.05) is 72.8 Å². The molecule has 182 valence electrons. The molecule has 4 rings (SSSR count). The van der Waals surface area contributed by atoms with Crippen molar-refractivity contribution < 1.29 is 19.2 Å². The molecule has 0 aromatic heterocycles. The zero-order valence-corrected chi connectivity index (χ0v) is 19.6. The third kappa shape index (κ3) is 6.44. The van der Waals surface area contributed by atoms with Crippen LogP contribution in [-0.4, -0.2) is 46.3 Å². The zero-order chi connectivity index (χ0) is 25.3. The highest BCUT2D eigenvalue weighted by Gasteiger charge is 2.19. The van der Waals surface area contributed by atoms with Crippen molar-refractivity contribution in [3.05, 3.63) is 120 Å².